The standard InChI is InChI=1S/C29H27F8N3O3/c1-27(2,15-6-16(28(32,33)34)8-17(7-15)29(35,36)37)26(43)39(3)24-12-38-25(40-13-20(42)10-19(40)14-41)11-22(24)21-5-4-18(30)9-23(21)31/h4-9,11-12,19-20,41-42H,10,13-14H2,1-3H3/t19-,20-/m0/s1. The topological polar surface area (TPSA) is 76.9 Å². The second-order valence-electron chi connectivity index (χ2n) is 10.8. The number of benzene rings is 2. The van der Waals surface area contributed by atoms with Crippen LogP contribution in [0.25, 0.3) is 11.1 Å². The molecule has 2 atom stereocenters. The molecule has 2 N–H and O–H groups in total. The molecule has 6 nitrogen and oxygen atoms in total. The van der Waals surface area contributed by atoms with Crippen molar-refractivity contribution in [2.24, 2.45) is 0 Å². The lowest BCUT2D eigenvalue weighted by Crippen LogP contribution is -2.42. The molecular formula is C29H27F8N3O3. The molecule has 0 aliphatic carbocycles. The molecular weight excluding hydrogens is 590 g/mol. The van der Waals surface area contributed by atoms with Crippen LogP contribution in [0.5, 0.6) is 0 Å². The molecule has 2 aromatic carbocycles. The first kappa shape index (κ1) is 32.1. The van der Waals surface area contributed by atoms with E-state index in [0.717, 1.165) is 37.1 Å². The lowest BCUT2D eigenvalue weighted by Gasteiger charge is -2.32. The van der Waals surface area contributed by atoms with Crippen LogP contribution in [0, 0.1) is 11.6 Å². The molecule has 0 unspecified atom stereocenters. The lowest BCUT2D eigenvalue weighted by atomic mass is 9.81. The second kappa shape index (κ2) is 11.4. The van der Waals surface area contributed by atoms with Crippen LogP contribution in [0.2, 0.25) is 0 Å². The van der Waals surface area contributed by atoms with Gasteiger partial charge in [-0.25, -0.2) is 13.8 Å². The van der Waals surface area contributed by atoms with Crippen LogP contribution < -0.4 is 9.80 Å². The van der Waals surface area contributed by atoms with E-state index in [4.69, 9.17) is 0 Å². The molecule has 1 fully saturated rings. The van der Waals surface area contributed by atoms with E-state index in [1.54, 1.807) is 4.90 Å². The monoisotopic (exact) mass is 617 g/mol. The summed E-state index contributed by atoms with van der Waals surface area (Å²) in [6.07, 6.45) is -9.71. The molecule has 43 heavy (non-hydrogen) atoms. The molecule has 14 heteroatoms. The molecule has 1 saturated heterocycles. The molecule has 2 heterocycles. The van der Waals surface area contributed by atoms with E-state index in [-0.39, 0.29) is 48.3 Å². The summed E-state index contributed by atoms with van der Waals surface area (Å²) >= 11 is 0. The zero-order chi connectivity index (χ0) is 32.1. The van der Waals surface area contributed by atoms with Crippen molar-refractivity contribution < 1.29 is 50.1 Å². The predicted octanol–water partition coefficient (Wildman–Crippen LogP) is 5.94. The third kappa shape index (κ3) is 6.44. The first-order chi connectivity index (χ1) is 19.8. The van der Waals surface area contributed by atoms with Crippen molar-refractivity contribution in [1.29, 1.82) is 0 Å². The number of nitrogens with zero attached hydrogens (tertiary/aromatic N) is 3. The number of rotatable bonds is 6. The fourth-order valence-electron chi connectivity index (χ4n) is 5.10. The Balaban J connectivity index is 1.84. The number of carbonyl (C=O) groups is 1. The van der Waals surface area contributed by atoms with E-state index in [2.05, 4.69) is 4.98 Å². The number of hydrogen-bond donors (Lipinski definition) is 2. The number of aliphatic hydroxyl groups is 2. The maximum Gasteiger partial charge on any atom is 0.416 e. The number of pyridine rings is 1. The normalized spacial score (nSPS) is 17.8. The van der Waals surface area contributed by atoms with Gasteiger partial charge in [0.1, 0.15) is 17.5 Å². The summed E-state index contributed by atoms with van der Waals surface area (Å²) in [6, 6.07) is 4.36. The predicted molar refractivity (Wildman–Crippen MR) is 141 cm³/mol. The van der Waals surface area contributed by atoms with Gasteiger partial charge in [0.25, 0.3) is 0 Å². The van der Waals surface area contributed by atoms with Crippen LogP contribution in [0.3, 0.4) is 0 Å². The molecule has 232 valence electrons. The van der Waals surface area contributed by atoms with Crippen molar-refractivity contribution in [2.75, 3.05) is 30.0 Å². The Kier molecular flexibility index (Phi) is 8.50. The molecule has 0 bridgehead atoms. The van der Waals surface area contributed by atoms with Gasteiger partial charge in [-0.05, 0) is 62.2 Å². The van der Waals surface area contributed by atoms with Crippen LogP contribution in [0.15, 0.2) is 48.7 Å². The van der Waals surface area contributed by atoms with E-state index in [1.807, 2.05) is 0 Å². The van der Waals surface area contributed by atoms with Gasteiger partial charge in [-0.2, -0.15) is 26.3 Å². The first-order valence-corrected chi connectivity index (χ1v) is 12.9. The summed E-state index contributed by atoms with van der Waals surface area (Å²) in [5.41, 5.74) is -5.99. The van der Waals surface area contributed by atoms with E-state index < -0.39 is 64.1 Å². The highest BCUT2D eigenvalue weighted by molar-refractivity contribution is 6.03. The second-order valence-corrected chi connectivity index (χ2v) is 10.8. The Hall–Kier alpha value is -3.78. The Morgan fingerprint density at radius 2 is 1.53 bits per heavy atom. The Morgan fingerprint density at radius 1 is 0.953 bits per heavy atom. The number of hydrogen-bond acceptors (Lipinski definition) is 5. The summed E-state index contributed by atoms with van der Waals surface area (Å²) < 4.78 is 110. The maximum atomic E-state index is 15.0. The van der Waals surface area contributed by atoms with Gasteiger partial charge in [0, 0.05) is 30.8 Å². The van der Waals surface area contributed by atoms with Crippen molar-refractivity contribution in [3.63, 3.8) is 0 Å². The average Bonchev–Trinajstić information content (AvgIpc) is 3.31. The van der Waals surface area contributed by atoms with Crippen molar-refractivity contribution in [2.45, 2.75) is 50.2 Å². The number of amides is 1. The Morgan fingerprint density at radius 3 is 2.07 bits per heavy atom. The zero-order valence-electron chi connectivity index (χ0n) is 23.1. The first-order valence-electron chi connectivity index (χ1n) is 12.9. The largest absolute Gasteiger partial charge is 0.416 e. The highest BCUT2D eigenvalue weighted by atomic mass is 19.4. The zero-order valence-corrected chi connectivity index (χ0v) is 23.1. The fraction of sp³-hybridized carbons (Fsp3) is 0.379. The van der Waals surface area contributed by atoms with Crippen LogP contribution in [0.4, 0.5) is 46.6 Å². The van der Waals surface area contributed by atoms with E-state index >= 15 is 4.39 Å². The molecule has 0 spiro atoms. The Labute approximate surface area is 241 Å². The Bertz CT molecular complexity index is 1490. The number of carbonyl (C=O) groups excluding carboxylic acids is 1. The maximum absolute atomic E-state index is 15.0. The van der Waals surface area contributed by atoms with Crippen LogP contribution >= 0.6 is 0 Å². The minimum Gasteiger partial charge on any atom is -0.394 e. The number of β-amino-alcohol motifs (C(OH)–C–C–N with tert-alkyl or cyclic N) is 1. The van der Waals surface area contributed by atoms with Crippen LogP contribution in [-0.2, 0) is 22.6 Å². The van der Waals surface area contributed by atoms with Crippen LogP contribution in [-0.4, -0.2) is 53.4 Å². The highest BCUT2D eigenvalue weighted by Crippen LogP contribution is 2.41. The third-order valence-corrected chi connectivity index (χ3v) is 7.50. The van der Waals surface area contributed by atoms with E-state index in [9.17, 15) is 45.7 Å². The van der Waals surface area contributed by atoms with E-state index in [0.29, 0.717) is 18.2 Å². The van der Waals surface area contributed by atoms with Gasteiger partial charge in [-0.15, -0.1) is 0 Å². The van der Waals surface area contributed by atoms with Crippen molar-refractivity contribution in [1.82, 2.24) is 4.98 Å². The number of anilines is 2. The number of aromatic nitrogens is 1. The minimum atomic E-state index is -5.14. The van der Waals surface area contributed by atoms with Crippen LogP contribution in [0.1, 0.15) is 37.0 Å². The fourth-order valence-corrected chi connectivity index (χ4v) is 5.10. The summed E-state index contributed by atoms with van der Waals surface area (Å²) in [4.78, 5) is 20.6. The molecule has 1 amide bonds. The molecule has 1 aliphatic heterocycles. The van der Waals surface area contributed by atoms with Crippen molar-refractivity contribution in [3.05, 3.63) is 77.0 Å². The molecule has 0 radical (unpaired) electrons. The van der Waals surface area contributed by atoms with Gasteiger partial charge in [-0.1, -0.05) is 0 Å². The van der Waals surface area contributed by atoms with Gasteiger partial charge in [0.2, 0.25) is 5.91 Å². The lowest BCUT2D eigenvalue weighted by molar-refractivity contribution is -0.143. The van der Waals surface area contributed by atoms with E-state index in [1.165, 1.54) is 13.1 Å². The third-order valence-electron chi connectivity index (χ3n) is 7.50. The number of likely N-dealkylation sites (N-methyl/N-ethyl adjacent to an activating group) is 1. The highest BCUT2D eigenvalue weighted by Gasteiger charge is 2.41. The molecule has 1 aliphatic rings. The smallest absolute Gasteiger partial charge is 0.394 e. The number of aliphatic hydroxyl groups excluding tert-OH is 2. The molecule has 0 saturated carbocycles. The summed E-state index contributed by atoms with van der Waals surface area (Å²) in [5, 5.41) is 19.9. The summed E-state index contributed by atoms with van der Waals surface area (Å²) in [5.74, 6) is -2.70. The summed E-state index contributed by atoms with van der Waals surface area (Å²) in [7, 11) is 1.19. The van der Waals surface area contributed by atoms with Gasteiger partial charge < -0.3 is 20.0 Å². The minimum absolute atomic E-state index is 0.00717. The van der Waals surface area contributed by atoms with Crippen molar-refractivity contribution in [3.8, 4) is 11.1 Å². The SMILES string of the molecule is CN(C(=O)C(C)(C)c1cc(C(F)(F)F)cc(C(F)(F)F)c1)c1cnc(N2C[C@@H](O)C[C@H]2CO)cc1-c1ccc(F)cc1F. The number of halogens is 8. The summed E-state index contributed by atoms with van der Waals surface area (Å²) in [6.45, 7) is 2.03. The van der Waals surface area contributed by atoms with Crippen molar-refractivity contribution >= 4 is 17.4 Å². The quantitative estimate of drug-likeness (QED) is 0.335. The molecule has 4 rings (SSSR count). The average molecular weight is 618 g/mol. The van der Waals surface area contributed by atoms with Gasteiger partial charge in [0.15, 0.2) is 0 Å². The molecule has 1 aromatic heterocycles. The molecule has 3 aromatic rings. The van der Waals surface area contributed by atoms with Gasteiger partial charge >= 0.3 is 12.4 Å². The van der Waals surface area contributed by atoms with Gasteiger partial charge in [-0.3, -0.25) is 4.79 Å². The number of alkyl halides is 6. The van der Waals surface area contributed by atoms with Gasteiger partial charge in [0.05, 0.1) is 47.2 Å².